The van der Waals surface area contributed by atoms with Gasteiger partial charge >= 0.3 is 0 Å². The third kappa shape index (κ3) is 12.5. The van der Waals surface area contributed by atoms with E-state index < -0.39 is 90.8 Å². The van der Waals surface area contributed by atoms with Crippen molar-refractivity contribution in [1.29, 1.82) is 0 Å². The number of hydrogen-bond acceptors (Lipinski definition) is 8. The summed E-state index contributed by atoms with van der Waals surface area (Å²) >= 11 is 21.9. The fourth-order valence-corrected chi connectivity index (χ4v) is 12.9. The highest BCUT2D eigenvalue weighted by atomic mass is 35.5. The molecule has 0 saturated carbocycles. The van der Waals surface area contributed by atoms with Crippen LogP contribution < -0.4 is 0 Å². The van der Waals surface area contributed by atoms with Crippen LogP contribution in [0, 0.1) is 5.41 Å². The maximum atomic E-state index is 12.4. The van der Waals surface area contributed by atoms with Crippen molar-refractivity contribution in [3.05, 3.63) is 0 Å². The van der Waals surface area contributed by atoms with Crippen molar-refractivity contribution in [2.24, 2.45) is 5.41 Å². The van der Waals surface area contributed by atoms with Gasteiger partial charge < -0.3 is 0 Å². The van der Waals surface area contributed by atoms with Crippen molar-refractivity contribution in [3.8, 4) is 0 Å². The van der Waals surface area contributed by atoms with E-state index in [1.807, 2.05) is 0 Å². The van der Waals surface area contributed by atoms with Gasteiger partial charge in [0.25, 0.3) is 0 Å². The molecule has 0 N–H and O–H groups in total. The van der Waals surface area contributed by atoms with Crippen LogP contribution in [0.15, 0.2) is 0 Å². The maximum absolute atomic E-state index is 12.4. The van der Waals surface area contributed by atoms with Crippen molar-refractivity contribution in [3.63, 3.8) is 0 Å². The van der Waals surface area contributed by atoms with E-state index in [1.165, 1.54) is 0 Å². The minimum atomic E-state index is -4.08. The fourth-order valence-electron chi connectivity index (χ4n) is 2.87. The lowest BCUT2D eigenvalue weighted by molar-refractivity contribution is 0.449. The average Bonchev–Trinajstić information content (AvgIpc) is 2.43. The first-order valence-electron chi connectivity index (χ1n) is 8.13. The van der Waals surface area contributed by atoms with E-state index >= 15 is 0 Å². The Morgan fingerprint density at radius 1 is 0.414 bits per heavy atom. The molecule has 8 nitrogen and oxygen atoms in total. The summed E-state index contributed by atoms with van der Waals surface area (Å²) in [5.74, 6) is -7.54. The highest BCUT2D eigenvalue weighted by molar-refractivity contribution is 7.94. The summed E-state index contributed by atoms with van der Waals surface area (Å²) in [5, 5.41) is 0. The Morgan fingerprint density at radius 3 is 0.724 bits per heavy atom. The third-order valence-corrected chi connectivity index (χ3v) is 12.8. The Hall–Kier alpha value is 0.960. The fraction of sp³-hybridized carbons (Fsp3) is 1.00. The lowest BCUT2D eigenvalue weighted by Crippen LogP contribution is -2.49. The summed E-state index contributed by atoms with van der Waals surface area (Å²) in [7, 11) is -16.3. The molecule has 0 aliphatic carbocycles. The molecule has 176 valence electrons. The van der Waals surface area contributed by atoms with E-state index in [-0.39, 0.29) is 23.5 Å². The zero-order chi connectivity index (χ0) is 23.0. The van der Waals surface area contributed by atoms with E-state index in [9.17, 15) is 33.7 Å². The van der Waals surface area contributed by atoms with Crippen molar-refractivity contribution in [2.45, 2.75) is 0 Å². The predicted octanol–water partition coefficient (Wildman–Crippen LogP) is 0.587. The van der Waals surface area contributed by atoms with Gasteiger partial charge in [-0.2, -0.15) is 0 Å². The lowest BCUT2D eigenvalue weighted by atomic mass is 9.99. The molecule has 16 heteroatoms. The Balaban J connectivity index is 6.58. The molecule has 0 rings (SSSR count). The molecule has 0 heterocycles. The van der Waals surface area contributed by atoms with Gasteiger partial charge in [0, 0.05) is 28.9 Å². The van der Waals surface area contributed by atoms with Crippen LogP contribution in [-0.4, -0.2) is 103 Å². The second-order valence-corrected chi connectivity index (χ2v) is 16.9. The van der Waals surface area contributed by atoms with Crippen LogP contribution in [0.4, 0.5) is 0 Å². The molecule has 0 bridgehead atoms. The van der Waals surface area contributed by atoms with Crippen molar-refractivity contribution in [2.75, 3.05) is 69.5 Å². The smallest absolute Gasteiger partial charge is 0.152 e. The van der Waals surface area contributed by atoms with Gasteiger partial charge in [-0.15, -0.1) is 46.4 Å². The predicted molar refractivity (Wildman–Crippen MR) is 120 cm³/mol. The highest BCUT2D eigenvalue weighted by Crippen LogP contribution is 2.29. The molecule has 0 spiro atoms. The average molecular weight is 578 g/mol. The molecule has 0 radical (unpaired) electrons. The van der Waals surface area contributed by atoms with Gasteiger partial charge in [0.1, 0.15) is 0 Å². The second kappa shape index (κ2) is 12.3. The first kappa shape index (κ1) is 30.0. The molecule has 0 amide bonds. The molecule has 0 aromatic heterocycles. The normalized spacial score (nSPS) is 14.2. The maximum Gasteiger partial charge on any atom is 0.152 e. The SMILES string of the molecule is O=S(=O)(CCCl)CC(CS(=O)(=O)CCCl)(CS(=O)(=O)CCCl)CS(=O)(=O)CCCl. The quantitative estimate of drug-likeness (QED) is 0.243. The molecule has 29 heavy (non-hydrogen) atoms. The molecular weight excluding hydrogens is 554 g/mol. The zero-order valence-corrected chi connectivity index (χ0v) is 21.7. The molecule has 0 aromatic rings. The molecule has 0 aliphatic heterocycles. The van der Waals surface area contributed by atoms with Crippen LogP contribution in [-0.2, 0) is 39.3 Å². The summed E-state index contributed by atoms with van der Waals surface area (Å²) in [5.41, 5.74) is -2.15. The first-order chi connectivity index (χ1) is 13.1. The summed E-state index contributed by atoms with van der Waals surface area (Å²) in [6, 6.07) is 0. The van der Waals surface area contributed by atoms with Gasteiger partial charge in [0.15, 0.2) is 39.3 Å². The van der Waals surface area contributed by atoms with Crippen molar-refractivity contribution < 1.29 is 33.7 Å². The van der Waals surface area contributed by atoms with Gasteiger partial charge in [0.05, 0.1) is 46.0 Å². The Labute approximate surface area is 193 Å². The van der Waals surface area contributed by atoms with Crippen LogP contribution in [0.5, 0.6) is 0 Å². The Morgan fingerprint density at radius 2 is 0.586 bits per heavy atom. The molecule has 0 aromatic carbocycles. The van der Waals surface area contributed by atoms with E-state index in [0.717, 1.165) is 0 Å². The third-order valence-electron chi connectivity index (χ3n) is 3.66. The van der Waals surface area contributed by atoms with Crippen LogP contribution in [0.25, 0.3) is 0 Å². The summed E-state index contributed by atoms with van der Waals surface area (Å²) < 4.78 is 99.4. The molecule has 0 unspecified atom stereocenters. The molecule has 0 aliphatic rings. The standard InChI is InChI=1S/C13H24Cl4O8S4/c14-1-5-26(18,19)9-13(10-27(20,21)6-2-15,11-28(22,23)7-3-16)12-29(24,25)8-4-17/h1-12H2. The second-order valence-electron chi connectivity index (χ2n) is 6.62. The number of rotatable bonds is 16. The molecule has 0 atom stereocenters. The van der Waals surface area contributed by atoms with Gasteiger partial charge in [0.2, 0.25) is 0 Å². The van der Waals surface area contributed by atoms with E-state index in [4.69, 9.17) is 46.4 Å². The number of hydrogen-bond donors (Lipinski definition) is 0. The molecule has 0 fully saturated rings. The van der Waals surface area contributed by atoms with Crippen LogP contribution in [0.1, 0.15) is 0 Å². The van der Waals surface area contributed by atoms with E-state index in [1.54, 1.807) is 0 Å². The topological polar surface area (TPSA) is 137 Å². The van der Waals surface area contributed by atoms with Gasteiger partial charge in [-0.1, -0.05) is 0 Å². The minimum Gasteiger partial charge on any atom is -0.229 e. The summed E-state index contributed by atoms with van der Waals surface area (Å²) in [6.07, 6.45) is 0. The summed E-state index contributed by atoms with van der Waals surface area (Å²) in [6.45, 7) is 0. The molecule has 0 saturated heterocycles. The van der Waals surface area contributed by atoms with Crippen LogP contribution in [0.3, 0.4) is 0 Å². The monoisotopic (exact) mass is 576 g/mol. The molecular formula is C13H24Cl4O8S4. The van der Waals surface area contributed by atoms with Gasteiger partial charge in [-0.05, 0) is 0 Å². The lowest BCUT2D eigenvalue weighted by Gasteiger charge is -2.32. The van der Waals surface area contributed by atoms with Gasteiger partial charge in [-0.25, -0.2) is 33.7 Å². The minimum absolute atomic E-state index is 0.324. The van der Waals surface area contributed by atoms with Crippen LogP contribution in [0.2, 0.25) is 0 Å². The number of alkyl halides is 4. The zero-order valence-electron chi connectivity index (χ0n) is 15.4. The van der Waals surface area contributed by atoms with Crippen LogP contribution >= 0.6 is 46.4 Å². The first-order valence-corrected chi connectivity index (χ1v) is 17.5. The van der Waals surface area contributed by atoms with Crippen molar-refractivity contribution >= 4 is 85.8 Å². The van der Waals surface area contributed by atoms with E-state index in [2.05, 4.69) is 0 Å². The Kier molecular flexibility index (Phi) is 12.7. The van der Waals surface area contributed by atoms with E-state index in [0.29, 0.717) is 0 Å². The summed E-state index contributed by atoms with van der Waals surface area (Å²) in [4.78, 5) is 0. The van der Waals surface area contributed by atoms with Crippen molar-refractivity contribution in [1.82, 2.24) is 0 Å². The number of halogens is 4. The number of sulfone groups is 4. The Bertz CT molecular complexity index is 770. The highest BCUT2D eigenvalue weighted by Gasteiger charge is 2.45. The van der Waals surface area contributed by atoms with Gasteiger partial charge in [-0.3, -0.25) is 0 Å². The largest absolute Gasteiger partial charge is 0.229 e.